The van der Waals surface area contributed by atoms with Gasteiger partial charge in [-0.1, -0.05) is 42.0 Å². The van der Waals surface area contributed by atoms with Gasteiger partial charge in [-0.25, -0.2) is 0 Å². The number of hydrogen-bond acceptors (Lipinski definition) is 7. The maximum absolute atomic E-state index is 13.3. The van der Waals surface area contributed by atoms with Crippen molar-refractivity contribution in [1.82, 2.24) is 10.1 Å². The second kappa shape index (κ2) is 10.3. The first-order valence-corrected chi connectivity index (χ1v) is 13.4. The van der Waals surface area contributed by atoms with Crippen LogP contribution in [0.3, 0.4) is 0 Å². The summed E-state index contributed by atoms with van der Waals surface area (Å²) in [6.45, 7) is 4.59. The van der Waals surface area contributed by atoms with Gasteiger partial charge < -0.3 is 19.2 Å². The van der Waals surface area contributed by atoms with Crippen molar-refractivity contribution in [3.05, 3.63) is 95.9 Å². The summed E-state index contributed by atoms with van der Waals surface area (Å²) in [7, 11) is 0. The average Bonchev–Trinajstić information content (AvgIpc) is 3.65. The Balaban J connectivity index is 1.31. The van der Waals surface area contributed by atoms with Gasteiger partial charge in [-0.3, -0.25) is 9.59 Å². The van der Waals surface area contributed by atoms with E-state index >= 15 is 0 Å². The summed E-state index contributed by atoms with van der Waals surface area (Å²) in [6.07, 6.45) is 2.30. The molecule has 39 heavy (non-hydrogen) atoms. The van der Waals surface area contributed by atoms with Crippen molar-refractivity contribution in [2.24, 2.45) is 0 Å². The largest absolute Gasteiger partial charge is 0.459 e. The summed E-state index contributed by atoms with van der Waals surface area (Å²) in [5.74, 6) is 0.645. The highest BCUT2D eigenvalue weighted by atomic mass is 32.2. The van der Waals surface area contributed by atoms with E-state index in [2.05, 4.69) is 22.4 Å². The van der Waals surface area contributed by atoms with Crippen molar-refractivity contribution in [1.29, 1.82) is 0 Å². The number of furan rings is 1. The minimum Gasteiger partial charge on any atom is -0.459 e. The van der Waals surface area contributed by atoms with Gasteiger partial charge in [-0.05, 0) is 73.5 Å². The Kier molecular flexibility index (Phi) is 6.50. The van der Waals surface area contributed by atoms with Gasteiger partial charge in [0.1, 0.15) is 0 Å². The van der Waals surface area contributed by atoms with E-state index in [0.717, 1.165) is 33.0 Å². The van der Waals surface area contributed by atoms with Gasteiger partial charge in [0.25, 0.3) is 17.7 Å². The summed E-state index contributed by atoms with van der Waals surface area (Å²) in [5.41, 5.74) is 4.52. The van der Waals surface area contributed by atoms with Crippen LogP contribution in [0.5, 0.6) is 0 Å². The Hall–Kier alpha value is -4.63. The van der Waals surface area contributed by atoms with Crippen LogP contribution in [0, 0.1) is 6.92 Å². The molecule has 0 aliphatic carbocycles. The molecular weight excluding hydrogens is 512 g/mol. The SMILES string of the molecule is CCCN1C(=O)c2ccccc2Sc2cc(-c3noc(-c4ccc(C)c(NC(=O)c5ccco5)c4)n3)ccc21. The first-order chi connectivity index (χ1) is 19.0. The maximum atomic E-state index is 13.3. The Morgan fingerprint density at radius 3 is 2.67 bits per heavy atom. The number of hydrogen-bond donors (Lipinski definition) is 1. The number of aromatic nitrogens is 2. The standard InChI is InChI=1S/C30H24N4O4S/c1-3-14-34-23-13-12-19(17-26(23)39-25-9-5-4-7-21(25)30(34)36)27-32-29(38-33-27)20-11-10-18(2)22(16-20)31-28(35)24-8-6-15-37-24/h4-13,15-17H,3,14H2,1-2H3,(H,31,35). The highest BCUT2D eigenvalue weighted by molar-refractivity contribution is 7.99. The summed E-state index contributed by atoms with van der Waals surface area (Å²) in [5, 5.41) is 7.10. The fraction of sp³-hybridized carbons (Fsp3) is 0.133. The molecule has 6 rings (SSSR count). The molecule has 2 aromatic heterocycles. The Morgan fingerprint density at radius 2 is 1.85 bits per heavy atom. The molecule has 1 N–H and O–H groups in total. The van der Waals surface area contributed by atoms with Crippen LogP contribution in [-0.2, 0) is 0 Å². The molecule has 1 aliphatic rings. The fourth-order valence-electron chi connectivity index (χ4n) is 4.45. The van der Waals surface area contributed by atoms with E-state index in [1.807, 2.05) is 66.4 Å². The third-order valence-corrected chi connectivity index (χ3v) is 7.57. The minimum atomic E-state index is -0.342. The molecular formula is C30H24N4O4S. The zero-order chi connectivity index (χ0) is 26.9. The van der Waals surface area contributed by atoms with E-state index in [1.165, 1.54) is 6.26 Å². The molecule has 5 aromatic rings. The van der Waals surface area contributed by atoms with Crippen molar-refractivity contribution in [2.45, 2.75) is 30.1 Å². The van der Waals surface area contributed by atoms with E-state index in [1.54, 1.807) is 30.0 Å². The Labute approximate surface area is 229 Å². The summed E-state index contributed by atoms with van der Waals surface area (Å²) >= 11 is 1.56. The second-order valence-electron chi connectivity index (χ2n) is 9.12. The molecule has 0 fully saturated rings. The molecule has 194 valence electrons. The molecule has 0 spiro atoms. The lowest BCUT2D eigenvalue weighted by atomic mass is 10.1. The van der Waals surface area contributed by atoms with E-state index < -0.39 is 0 Å². The summed E-state index contributed by atoms with van der Waals surface area (Å²) in [4.78, 5) is 34.2. The number of nitrogens with one attached hydrogen (secondary N) is 1. The van der Waals surface area contributed by atoms with Crippen molar-refractivity contribution in [2.75, 3.05) is 16.8 Å². The smallest absolute Gasteiger partial charge is 0.291 e. The lowest BCUT2D eigenvalue weighted by Crippen LogP contribution is -2.31. The first-order valence-electron chi connectivity index (χ1n) is 12.5. The van der Waals surface area contributed by atoms with E-state index in [4.69, 9.17) is 8.94 Å². The quantitative estimate of drug-likeness (QED) is 0.247. The molecule has 0 atom stereocenters. The number of anilines is 2. The van der Waals surface area contributed by atoms with Gasteiger partial charge >= 0.3 is 0 Å². The molecule has 8 nitrogen and oxygen atoms in total. The molecule has 1 aliphatic heterocycles. The third kappa shape index (κ3) is 4.72. The maximum Gasteiger partial charge on any atom is 0.291 e. The average molecular weight is 537 g/mol. The van der Waals surface area contributed by atoms with Crippen LogP contribution in [0.2, 0.25) is 0 Å². The number of carbonyl (C=O) groups is 2. The predicted molar refractivity (Wildman–Crippen MR) is 149 cm³/mol. The fourth-order valence-corrected chi connectivity index (χ4v) is 5.57. The normalized spacial score (nSPS) is 12.6. The van der Waals surface area contributed by atoms with Crippen LogP contribution < -0.4 is 10.2 Å². The number of benzene rings is 3. The highest BCUT2D eigenvalue weighted by Crippen LogP contribution is 2.43. The molecule has 0 radical (unpaired) electrons. The molecule has 2 amide bonds. The van der Waals surface area contributed by atoms with Gasteiger partial charge in [0.15, 0.2) is 5.76 Å². The van der Waals surface area contributed by atoms with Crippen LogP contribution in [0.4, 0.5) is 11.4 Å². The molecule has 0 saturated heterocycles. The van der Waals surface area contributed by atoms with Gasteiger partial charge in [0.2, 0.25) is 5.82 Å². The number of rotatable bonds is 6. The molecule has 3 heterocycles. The summed E-state index contributed by atoms with van der Waals surface area (Å²) < 4.78 is 10.8. The van der Waals surface area contributed by atoms with E-state index in [9.17, 15) is 9.59 Å². The van der Waals surface area contributed by atoms with Crippen molar-refractivity contribution >= 4 is 35.0 Å². The van der Waals surface area contributed by atoms with Crippen LogP contribution in [0.25, 0.3) is 22.8 Å². The van der Waals surface area contributed by atoms with Gasteiger partial charge in [0, 0.05) is 33.2 Å². The minimum absolute atomic E-state index is 0.00242. The van der Waals surface area contributed by atoms with Crippen molar-refractivity contribution in [3.63, 3.8) is 0 Å². The van der Waals surface area contributed by atoms with E-state index in [-0.39, 0.29) is 17.6 Å². The Bertz CT molecular complexity index is 1690. The lowest BCUT2D eigenvalue weighted by Gasteiger charge is -2.22. The van der Waals surface area contributed by atoms with Crippen LogP contribution >= 0.6 is 11.8 Å². The highest BCUT2D eigenvalue weighted by Gasteiger charge is 2.27. The number of carbonyl (C=O) groups excluding carboxylic acids is 2. The Morgan fingerprint density at radius 1 is 1.00 bits per heavy atom. The third-order valence-electron chi connectivity index (χ3n) is 6.44. The zero-order valence-electron chi connectivity index (χ0n) is 21.3. The predicted octanol–water partition coefficient (Wildman–Crippen LogP) is 7.08. The molecule has 0 bridgehead atoms. The monoisotopic (exact) mass is 536 g/mol. The van der Waals surface area contributed by atoms with E-state index in [0.29, 0.717) is 35.1 Å². The van der Waals surface area contributed by atoms with Crippen LogP contribution in [-0.4, -0.2) is 28.5 Å². The first kappa shape index (κ1) is 24.7. The number of aryl methyl sites for hydroxylation is 1. The van der Waals surface area contributed by atoms with Crippen LogP contribution in [0.15, 0.2) is 97.8 Å². The summed E-state index contributed by atoms with van der Waals surface area (Å²) in [6, 6.07) is 22.3. The number of nitrogens with zero attached hydrogens (tertiary/aromatic N) is 3. The molecule has 9 heteroatoms. The van der Waals surface area contributed by atoms with Gasteiger partial charge in [-0.2, -0.15) is 4.98 Å². The molecule has 3 aromatic carbocycles. The number of fused-ring (bicyclic) bond motifs is 2. The molecule has 0 saturated carbocycles. The second-order valence-corrected chi connectivity index (χ2v) is 10.2. The number of amides is 2. The van der Waals surface area contributed by atoms with Crippen LogP contribution in [0.1, 0.15) is 39.8 Å². The van der Waals surface area contributed by atoms with Crippen molar-refractivity contribution in [3.8, 4) is 22.8 Å². The van der Waals surface area contributed by atoms with Gasteiger partial charge in [0.05, 0.1) is 17.5 Å². The topological polar surface area (TPSA) is 101 Å². The molecule has 0 unspecified atom stereocenters. The zero-order valence-corrected chi connectivity index (χ0v) is 22.1. The lowest BCUT2D eigenvalue weighted by molar-refractivity contribution is 0.0980. The van der Waals surface area contributed by atoms with Crippen molar-refractivity contribution < 1.29 is 18.5 Å². The van der Waals surface area contributed by atoms with Gasteiger partial charge in [-0.15, -0.1) is 0 Å².